The lowest BCUT2D eigenvalue weighted by molar-refractivity contribution is -0.138. The molecule has 1 aliphatic rings. The van der Waals surface area contributed by atoms with Crippen LogP contribution in [0, 0.1) is 0 Å². The van der Waals surface area contributed by atoms with Crippen LogP contribution < -0.4 is 10.5 Å². The molecule has 0 unspecified atom stereocenters. The Morgan fingerprint density at radius 3 is 2.65 bits per heavy atom. The molecule has 2 rings (SSSR count). The molecule has 0 bridgehead atoms. The molecule has 0 aliphatic heterocycles. The van der Waals surface area contributed by atoms with E-state index in [-0.39, 0.29) is 6.10 Å². The van der Waals surface area contributed by atoms with Crippen LogP contribution in [0.2, 0.25) is 0 Å². The fourth-order valence-corrected chi connectivity index (χ4v) is 2.16. The maximum atomic E-state index is 10.9. The van der Waals surface area contributed by atoms with Crippen molar-refractivity contribution >= 4 is 5.97 Å². The van der Waals surface area contributed by atoms with Gasteiger partial charge in [0.1, 0.15) is 11.8 Å². The summed E-state index contributed by atoms with van der Waals surface area (Å²) < 4.78 is 5.83. The van der Waals surface area contributed by atoms with E-state index in [0.29, 0.717) is 11.3 Å². The third kappa shape index (κ3) is 2.77. The minimum Gasteiger partial charge on any atom is -0.490 e. The minimum atomic E-state index is -1.03. The second kappa shape index (κ2) is 5.19. The SMILES string of the molecule is N[C@H](C(=O)O)c1ccccc1OC1CCCC1. The summed E-state index contributed by atoms with van der Waals surface area (Å²) >= 11 is 0. The van der Waals surface area contributed by atoms with Crippen LogP contribution in [0.3, 0.4) is 0 Å². The highest BCUT2D eigenvalue weighted by Crippen LogP contribution is 2.29. The van der Waals surface area contributed by atoms with E-state index in [9.17, 15) is 4.79 Å². The van der Waals surface area contributed by atoms with E-state index >= 15 is 0 Å². The van der Waals surface area contributed by atoms with Gasteiger partial charge in [0.25, 0.3) is 0 Å². The number of rotatable bonds is 4. The molecule has 0 saturated heterocycles. The number of hydrogen-bond donors (Lipinski definition) is 2. The lowest BCUT2D eigenvalue weighted by atomic mass is 10.1. The fraction of sp³-hybridized carbons (Fsp3) is 0.462. The third-order valence-electron chi connectivity index (χ3n) is 3.12. The average Bonchev–Trinajstić information content (AvgIpc) is 2.81. The van der Waals surface area contributed by atoms with Gasteiger partial charge in [-0.3, -0.25) is 4.79 Å². The topological polar surface area (TPSA) is 72.6 Å². The molecular formula is C13H17NO3. The van der Waals surface area contributed by atoms with Gasteiger partial charge in [0.05, 0.1) is 6.10 Å². The number of carboxylic acids is 1. The summed E-state index contributed by atoms with van der Waals surface area (Å²) in [5, 5.41) is 8.94. The number of carboxylic acid groups (broad SMARTS) is 1. The summed E-state index contributed by atoms with van der Waals surface area (Å²) in [7, 11) is 0. The zero-order chi connectivity index (χ0) is 12.3. The zero-order valence-electron chi connectivity index (χ0n) is 9.63. The predicted molar refractivity (Wildman–Crippen MR) is 63.9 cm³/mol. The molecule has 4 nitrogen and oxygen atoms in total. The summed E-state index contributed by atoms with van der Waals surface area (Å²) in [6.45, 7) is 0. The molecule has 1 aromatic rings. The van der Waals surface area contributed by atoms with E-state index in [4.69, 9.17) is 15.6 Å². The van der Waals surface area contributed by atoms with Gasteiger partial charge in [-0.15, -0.1) is 0 Å². The fourth-order valence-electron chi connectivity index (χ4n) is 2.16. The van der Waals surface area contributed by atoms with Gasteiger partial charge in [0.2, 0.25) is 0 Å². The van der Waals surface area contributed by atoms with Gasteiger partial charge in [0, 0.05) is 5.56 Å². The molecule has 0 aromatic heterocycles. The number of carbonyl (C=O) groups is 1. The number of para-hydroxylation sites is 1. The maximum absolute atomic E-state index is 10.9. The van der Waals surface area contributed by atoms with Gasteiger partial charge < -0.3 is 15.6 Å². The van der Waals surface area contributed by atoms with Crippen LogP contribution >= 0.6 is 0 Å². The van der Waals surface area contributed by atoms with Crippen LogP contribution in [0.1, 0.15) is 37.3 Å². The Labute approximate surface area is 100 Å². The predicted octanol–water partition coefficient (Wildman–Crippen LogP) is 2.09. The van der Waals surface area contributed by atoms with Crippen molar-refractivity contribution in [3.8, 4) is 5.75 Å². The van der Waals surface area contributed by atoms with E-state index in [2.05, 4.69) is 0 Å². The Balaban J connectivity index is 2.17. The standard InChI is InChI=1S/C13H17NO3/c14-12(13(15)16)10-7-3-4-8-11(10)17-9-5-1-2-6-9/h3-4,7-9,12H,1-2,5-6,14H2,(H,15,16)/t12-/m0/s1. The Kier molecular flexibility index (Phi) is 3.64. The first-order valence-electron chi connectivity index (χ1n) is 5.92. The second-order valence-corrected chi connectivity index (χ2v) is 4.38. The van der Waals surface area contributed by atoms with Gasteiger partial charge in [-0.1, -0.05) is 18.2 Å². The number of aliphatic carboxylic acids is 1. The Morgan fingerprint density at radius 2 is 2.00 bits per heavy atom. The van der Waals surface area contributed by atoms with E-state index in [1.54, 1.807) is 18.2 Å². The molecule has 92 valence electrons. The first-order valence-corrected chi connectivity index (χ1v) is 5.92. The molecule has 1 saturated carbocycles. The van der Waals surface area contributed by atoms with Crippen LogP contribution in [0.5, 0.6) is 5.75 Å². The molecule has 1 aliphatic carbocycles. The Hall–Kier alpha value is -1.55. The Morgan fingerprint density at radius 1 is 1.35 bits per heavy atom. The number of benzene rings is 1. The molecule has 0 heterocycles. The first kappa shape index (κ1) is 11.9. The van der Waals surface area contributed by atoms with Crippen molar-refractivity contribution in [3.05, 3.63) is 29.8 Å². The maximum Gasteiger partial charge on any atom is 0.325 e. The molecule has 1 fully saturated rings. The van der Waals surface area contributed by atoms with Crippen LogP contribution in [-0.2, 0) is 4.79 Å². The molecule has 0 radical (unpaired) electrons. The minimum absolute atomic E-state index is 0.206. The van der Waals surface area contributed by atoms with E-state index in [1.165, 1.54) is 12.8 Å². The van der Waals surface area contributed by atoms with Gasteiger partial charge >= 0.3 is 5.97 Å². The highest BCUT2D eigenvalue weighted by molar-refractivity contribution is 5.76. The quantitative estimate of drug-likeness (QED) is 0.838. The molecular weight excluding hydrogens is 218 g/mol. The molecule has 0 amide bonds. The Bertz CT molecular complexity index is 399. The van der Waals surface area contributed by atoms with E-state index < -0.39 is 12.0 Å². The van der Waals surface area contributed by atoms with Gasteiger partial charge in [0.15, 0.2) is 0 Å². The first-order chi connectivity index (χ1) is 8.18. The largest absolute Gasteiger partial charge is 0.490 e. The average molecular weight is 235 g/mol. The van der Waals surface area contributed by atoms with Crippen molar-refractivity contribution in [1.82, 2.24) is 0 Å². The molecule has 4 heteroatoms. The van der Waals surface area contributed by atoms with Crippen LogP contribution in [0.4, 0.5) is 0 Å². The molecule has 1 aromatic carbocycles. The zero-order valence-corrected chi connectivity index (χ0v) is 9.63. The van der Waals surface area contributed by atoms with Gasteiger partial charge in [-0.05, 0) is 31.7 Å². The van der Waals surface area contributed by atoms with Crippen molar-refractivity contribution < 1.29 is 14.6 Å². The van der Waals surface area contributed by atoms with Gasteiger partial charge in [-0.25, -0.2) is 0 Å². The monoisotopic (exact) mass is 235 g/mol. The molecule has 3 N–H and O–H groups in total. The summed E-state index contributed by atoms with van der Waals surface area (Å²) in [4.78, 5) is 10.9. The smallest absolute Gasteiger partial charge is 0.325 e. The summed E-state index contributed by atoms with van der Waals surface area (Å²) in [5.41, 5.74) is 6.18. The highest BCUT2D eigenvalue weighted by Gasteiger charge is 2.22. The number of nitrogens with two attached hydrogens (primary N) is 1. The van der Waals surface area contributed by atoms with Gasteiger partial charge in [-0.2, -0.15) is 0 Å². The molecule has 1 atom stereocenters. The normalized spacial score (nSPS) is 17.9. The molecule has 17 heavy (non-hydrogen) atoms. The number of hydrogen-bond acceptors (Lipinski definition) is 3. The highest BCUT2D eigenvalue weighted by atomic mass is 16.5. The van der Waals surface area contributed by atoms with Crippen LogP contribution in [0.15, 0.2) is 24.3 Å². The summed E-state index contributed by atoms with van der Waals surface area (Å²) in [6.07, 6.45) is 4.64. The lowest BCUT2D eigenvalue weighted by Crippen LogP contribution is -2.22. The van der Waals surface area contributed by atoms with Crippen molar-refractivity contribution in [3.63, 3.8) is 0 Å². The summed E-state index contributed by atoms with van der Waals surface area (Å²) in [5.74, 6) is -0.429. The van der Waals surface area contributed by atoms with E-state index in [0.717, 1.165) is 12.8 Å². The van der Waals surface area contributed by atoms with Crippen LogP contribution in [0.25, 0.3) is 0 Å². The van der Waals surface area contributed by atoms with Crippen LogP contribution in [-0.4, -0.2) is 17.2 Å². The van der Waals surface area contributed by atoms with E-state index in [1.807, 2.05) is 6.07 Å². The van der Waals surface area contributed by atoms with Crippen molar-refractivity contribution in [2.75, 3.05) is 0 Å². The third-order valence-corrected chi connectivity index (χ3v) is 3.12. The van der Waals surface area contributed by atoms with Crippen molar-refractivity contribution in [2.24, 2.45) is 5.73 Å². The number of ether oxygens (including phenoxy) is 1. The molecule has 0 spiro atoms. The van der Waals surface area contributed by atoms with Crippen molar-refractivity contribution in [1.29, 1.82) is 0 Å². The summed E-state index contributed by atoms with van der Waals surface area (Å²) in [6, 6.07) is 6.09. The second-order valence-electron chi connectivity index (χ2n) is 4.38. The van der Waals surface area contributed by atoms with Crippen molar-refractivity contribution in [2.45, 2.75) is 37.8 Å². The lowest BCUT2D eigenvalue weighted by Gasteiger charge is -2.18.